The van der Waals surface area contributed by atoms with Gasteiger partial charge in [-0.3, -0.25) is 4.57 Å². The Hall–Kier alpha value is -1.11. The van der Waals surface area contributed by atoms with Gasteiger partial charge in [0.2, 0.25) is 0 Å². The minimum absolute atomic E-state index is 0.290. The van der Waals surface area contributed by atoms with Gasteiger partial charge >= 0.3 is 0 Å². The third kappa shape index (κ3) is 2.93. The predicted molar refractivity (Wildman–Crippen MR) is 91.7 cm³/mol. The van der Waals surface area contributed by atoms with Crippen molar-refractivity contribution in [3.63, 3.8) is 0 Å². The molecule has 2 aromatic carbocycles. The first-order chi connectivity index (χ1) is 10.1. The summed E-state index contributed by atoms with van der Waals surface area (Å²) < 4.78 is 15.7. The second kappa shape index (κ2) is 5.94. The number of hydrogen-bond donors (Lipinski definition) is 0. The molecule has 0 aliphatic heterocycles. The molecule has 0 aliphatic carbocycles. The van der Waals surface area contributed by atoms with Crippen molar-refractivity contribution in [2.75, 3.05) is 0 Å². The number of aromatic nitrogens is 2. The van der Waals surface area contributed by atoms with E-state index in [0.29, 0.717) is 10.2 Å². The Labute approximate surface area is 144 Å². The van der Waals surface area contributed by atoms with Crippen molar-refractivity contribution in [2.45, 2.75) is 0 Å². The fourth-order valence-corrected chi connectivity index (χ4v) is 3.35. The Kier molecular flexibility index (Phi) is 4.19. The largest absolute Gasteiger partial charge is 0.286 e. The summed E-state index contributed by atoms with van der Waals surface area (Å²) in [5, 5.41) is 1.03. The zero-order valence-electron chi connectivity index (χ0n) is 10.5. The molecule has 6 heteroatoms. The molecule has 0 spiro atoms. The number of hydrogen-bond acceptors (Lipinski definition) is 1. The van der Waals surface area contributed by atoms with Gasteiger partial charge in [0.15, 0.2) is 8.98 Å². The van der Waals surface area contributed by atoms with Crippen molar-refractivity contribution >= 4 is 45.8 Å². The van der Waals surface area contributed by atoms with E-state index < -0.39 is 0 Å². The predicted octanol–water partition coefficient (Wildman–Crippen LogP) is 5.59. The highest BCUT2D eigenvalue weighted by Gasteiger charge is 2.17. The summed E-state index contributed by atoms with van der Waals surface area (Å²) in [5.41, 5.74) is 2.41. The molecule has 0 saturated carbocycles. The maximum Gasteiger partial charge on any atom is 0.177 e. The number of halogens is 4. The van der Waals surface area contributed by atoms with Crippen LogP contribution in [0.5, 0.6) is 0 Å². The van der Waals surface area contributed by atoms with Crippen LogP contribution < -0.4 is 0 Å². The second-order valence-electron chi connectivity index (χ2n) is 4.34. The number of nitrogens with zero attached hydrogens (tertiary/aromatic N) is 2. The fourth-order valence-electron chi connectivity index (χ4n) is 2.05. The molecule has 21 heavy (non-hydrogen) atoms. The Balaban J connectivity index is 2.21. The van der Waals surface area contributed by atoms with Crippen LogP contribution in [0.1, 0.15) is 0 Å². The first-order valence-corrected chi connectivity index (χ1v) is 7.85. The topological polar surface area (TPSA) is 17.8 Å². The molecule has 0 fully saturated rings. The van der Waals surface area contributed by atoms with Gasteiger partial charge in [-0.05, 0) is 48.5 Å². The molecule has 0 atom stereocenters. The van der Waals surface area contributed by atoms with Crippen LogP contribution in [-0.4, -0.2) is 9.55 Å². The van der Waals surface area contributed by atoms with Crippen LogP contribution in [0.25, 0.3) is 16.9 Å². The molecule has 0 aliphatic rings. The Morgan fingerprint density at radius 3 is 2.19 bits per heavy atom. The number of imidazole rings is 1. The molecule has 0 saturated heterocycles. The molecule has 0 amide bonds. The maximum absolute atomic E-state index is 13.1. The summed E-state index contributed by atoms with van der Waals surface area (Å²) in [4.78, 5) is 4.30. The summed E-state index contributed by atoms with van der Waals surface area (Å²) in [7, 11) is 0. The molecule has 1 heterocycles. The van der Waals surface area contributed by atoms with Gasteiger partial charge in [-0.15, -0.1) is 0 Å². The highest BCUT2D eigenvalue weighted by atomic mass is 127. The van der Waals surface area contributed by atoms with E-state index in [1.165, 1.54) is 12.1 Å². The van der Waals surface area contributed by atoms with Gasteiger partial charge in [0, 0.05) is 38.9 Å². The van der Waals surface area contributed by atoms with Crippen LogP contribution in [0.3, 0.4) is 0 Å². The maximum atomic E-state index is 13.1. The summed E-state index contributed by atoms with van der Waals surface area (Å²) in [6.07, 6.45) is 0. The number of rotatable bonds is 2. The van der Waals surface area contributed by atoms with Crippen molar-refractivity contribution in [1.29, 1.82) is 0 Å². The highest BCUT2D eigenvalue weighted by molar-refractivity contribution is 14.1. The quantitative estimate of drug-likeness (QED) is 0.482. The van der Waals surface area contributed by atoms with Gasteiger partial charge in [-0.2, -0.15) is 0 Å². The molecular weight excluding hydrogens is 425 g/mol. The first-order valence-electron chi connectivity index (χ1n) is 6.02. The lowest BCUT2D eigenvalue weighted by Crippen LogP contribution is -1.99. The molecule has 0 N–H and O–H groups in total. The van der Waals surface area contributed by atoms with Crippen LogP contribution in [0.4, 0.5) is 4.39 Å². The molecule has 0 radical (unpaired) electrons. The minimum atomic E-state index is -0.290. The van der Waals surface area contributed by atoms with Gasteiger partial charge in [-0.1, -0.05) is 23.2 Å². The summed E-state index contributed by atoms with van der Waals surface area (Å²) in [5.74, 6) is -0.290. The van der Waals surface area contributed by atoms with Crippen LogP contribution in [0, 0.1) is 9.65 Å². The lowest BCUT2D eigenvalue weighted by Gasteiger charge is -2.10. The Bertz CT molecular complexity index is 717. The normalized spacial score (nSPS) is 10.9. The standard InChI is InChI=1S/C15H8Cl2FIN2/c16-10-3-7-12(8-4-10)21-13(14(17)20-15(21)19)9-1-5-11(18)6-2-9/h1-8H. The van der Waals surface area contributed by atoms with Gasteiger partial charge in [0.05, 0.1) is 5.69 Å². The van der Waals surface area contributed by atoms with Gasteiger partial charge in [0.1, 0.15) is 5.82 Å². The lowest BCUT2D eigenvalue weighted by molar-refractivity contribution is 0.628. The zero-order chi connectivity index (χ0) is 15.0. The zero-order valence-corrected chi connectivity index (χ0v) is 14.2. The van der Waals surface area contributed by atoms with Crippen molar-refractivity contribution in [2.24, 2.45) is 0 Å². The van der Waals surface area contributed by atoms with Gasteiger partial charge in [0.25, 0.3) is 0 Å². The average molecular weight is 433 g/mol. The molecule has 1 aromatic heterocycles. The minimum Gasteiger partial charge on any atom is -0.286 e. The fraction of sp³-hybridized carbons (Fsp3) is 0. The van der Waals surface area contributed by atoms with E-state index in [2.05, 4.69) is 27.6 Å². The molecule has 3 aromatic rings. The SMILES string of the molecule is Fc1ccc(-c2c(Cl)nc(I)n2-c2ccc(Cl)cc2)cc1. The summed E-state index contributed by atoms with van der Waals surface area (Å²) in [6.45, 7) is 0. The van der Waals surface area contributed by atoms with Crippen molar-refractivity contribution in [3.05, 3.63) is 68.4 Å². The smallest absolute Gasteiger partial charge is 0.177 e. The van der Waals surface area contributed by atoms with E-state index in [1.54, 1.807) is 24.3 Å². The lowest BCUT2D eigenvalue weighted by atomic mass is 10.1. The molecule has 106 valence electrons. The van der Waals surface area contributed by atoms with Gasteiger partial charge < -0.3 is 0 Å². The molecule has 2 nitrogen and oxygen atoms in total. The average Bonchev–Trinajstić information content (AvgIpc) is 2.75. The van der Waals surface area contributed by atoms with Gasteiger partial charge in [-0.25, -0.2) is 9.37 Å². The van der Waals surface area contributed by atoms with Crippen molar-refractivity contribution in [3.8, 4) is 16.9 Å². The van der Waals surface area contributed by atoms with E-state index in [9.17, 15) is 4.39 Å². The van der Waals surface area contributed by atoms with E-state index in [1.807, 2.05) is 16.7 Å². The van der Waals surface area contributed by atoms with Crippen LogP contribution in [0.15, 0.2) is 48.5 Å². The monoisotopic (exact) mass is 432 g/mol. The second-order valence-corrected chi connectivity index (χ2v) is 6.10. The number of benzene rings is 2. The molecule has 0 bridgehead atoms. The Morgan fingerprint density at radius 1 is 0.952 bits per heavy atom. The first kappa shape index (κ1) is 14.8. The van der Waals surface area contributed by atoms with E-state index in [0.717, 1.165) is 20.8 Å². The van der Waals surface area contributed by atoms with Crippen LogP contribution >= 0.6 is 45.8 Å². The third-order valence-corrected chi connectivity index (χ3v) is 4.24. The van der Waals surface area contributed by atoms with Crippen molar-refractivity contribution in [1.82, 2.24) is 9.55 Å². The summed E-state index contributed by atoms with van der Waals surface area (Å²) in [6, 6.07) is 13.5. The van der Waals surface area contributed by atoms with E-state index >= 15 is 0 Å². The highest BCUT2D eigenvalue weighted by Crippen LogP contribution is 2.32. The van der Waals surface area contributed by atoms with Crippen LogP contribution in [0.2, 0.25) is 10.2 Å². The van der Waals surface area contributed by atoms with E-state index in [4.69, 9.17) is 23.2 Å². The molecule has 3 rings (SSSR count). The third-order valence-electron chi connectivity index (χ3n) is 3.00. The Morgan fingerprint density at radius 2 is 1.57 bits per heavy atom. The molecule has 0 unspecified atom stereocenters. The summed E-state index contributed by atoms with van der Waals surface area (Å²) >= 11 is 14.3. The molecular formula is C15H8Cl2FIN2. The van der Waals surface area contributed by atoms with E-state index in [-0.39, 0.29) is 5.82 Å². The van der Waals surface area contributed by atoms with Crippen molar-refractivity contribution < 1.29 is 4.39 Å². The van der Waals surface area contributed by atoms with Crippen LogP contribution in [-0.2, 0) is 0 Å².